The topological polar surface area (TPSA) is 39.1 Å². The van der Waals surface area contributed by atoms with E-state index in [0.717, 1.165) is 46.5 Å². The Bertz CT molecular complexity index is 1090. The number of hydrogen-bond donors (Lipinski definition) is 1. The SMILES string of the molecule is COc1cccc(CNc2ncc(-c3ccc(Cl)cc3)n2CCc2ccccc2)c1. The molecule has 0 fully saturated rings. The zero-order valence-corrected chi connectivity index (χ0v) is 17.6. The van der Waals surface area contributed by atoms with Crippen molar-refractivity contribution in [1.82, 2.24) is 9.55 Å². The molecule has 152 valence electrons. The first-order valence-corrected chi connectivity index (χ1v) is 10.3. The maximum atomic E-state index is 6.08. The van der Waals surface area contributed by atoms with Gasteiger partial charge in [0.15, 0.2) is 0 Å². The summed E-state index contributed by atoms with van der Waals surface area (Å²) >= 11 is 6.08. The molecule has 0 unspecified atom stereocenters. The van der Waals surface area contributed by atoms with Gasteiger partial charge in [-0.15, -0.1) is 0 Å². The molecule has 4 aromatic rings. The molecule has 30 heavy (non-hydrogen) atoms. The molecule has 4 rings (SSSR count). The fourth-order valence-electron chi connectivity index (χ4n) is 3.44. The first kappa shape index (κ1) is 20.0. The Labute approximate surface area is 182 Å². The number of aryl methyl sites for hydroxylation is 1. The lowest BCUT2D eigenvalue weighted by Gasteiger charge is -2.14. The molecule has 0 saturated carbocycles. The fourth-order valence-corrected chi connectivity index (χ4v) is 3.57. The van der Waals surface area contributed by atoms with Crippen molar-refractivity contribution in [3.63, 3.8) is 0 Å². The normalized spacial score (nSPS) is 10.7. The van der Waals surface area contributed by atoms with Crippen LogP contribution in [0.3, 0.4) is 0 Å². The van der Waals surface area contributed by atoms with Crippen LogP contribution in [0.5, 0.6) is 5.75 Å². The van der Waals surface area contributed by atoms with Crippen molar-refractivity contribution in [3.05, 3.63) is 101 Å². The first-order chi connectivity index (χ1) is 14.7. The fraction of sp³-hybridized carbons (Fsp3) is 0.160. The van der Waals surface area contributed by atoms with Crippen LogP contribution in [-0.4, -0.2) is 16.7 Å². The van der Waals surface area contributed by atoms with Crippen molar-refractivity contribution < 1.29 is 4.74 Å². The van der Waals surface area contributed by atoms with E-state index in [1.54, 1.807) is 7.11 Å². The third kappa shape index (κ3) is 4.84. The number of nitrogens with one attached hydrogen (secondary N) is 1. The summed E-state index contributed by atoms with van der Waals surface area (Å²) in [5.74, 6) is 1.70. The van der Waals surface area contributed by atoms with Gasteiger partial charge in [0.1, 0.15) is 5.75 Å². The summed E-state index contributed by atoms with van der Waals surface area (Å²) in [6, 6.07) is 26.4. The van der Waals surface area contributed by atoms with E-state index in [-0.39, 0.29) is 0 Å². The van der Waals surface area contributed by atoms with Gasteiger partial charge in [-0.1, -0.05) is 66.2 Å². The molecule has 0 bridgehead atoms. The molecule has 3 aromatic carbocycles. The van der Waals surface area contributed by atoms with Crippen LogP contribution in [0.25, 0.3) is 11.3 Å². The molecule has 0 aliphatic rings. The first-order valence-electron chi connectivity index (χ1n) is 9.95. The number of rotatable bonds is 8. The Morgan fingerprint density at radius 3 is 2.47 bits per heavy atom. The van der Waals surface area contributed by atoms with Crippen LogP contribution < -0.4 is 10.1 Å². The van der Waals surface area contributed by atoms with Gasteiger partial charge >= 0.3 is 0 Å². The highest BCUT2D eigenvalue weighted by Crippen LogP contribution is 2.26. The van der Waals surface area contributed by atoms with Gasteiger partial charge in [0, 0.05) is 18.1 Å². The predicted octanol–water partition coefficient (Wildman–Crippen LogP) is 6.07. The molecule has 1 N–H and O–H groups in total. The molecule has 0 saturated heterocycles. The lowest BCUT2D eigenvalue weighted by atomic mass is 10.1. The quantitative estimate of drug-likeness (QED) is 0.378. The predicted molar refractivity (Wildman–Crippen MR) is 123 cm³/mol. The van der Waals surface area contributed by atoms with Crippen molar-refractivity contribution >= 4 is 17.5 Å². The summed E-state index contributed by atoms with van der Waals surface area (Å²) in [5.41, 5.74) is 4.59. The van der Waals surface area contributed by atoms with Crippen molar-refractivity contribution in [2.45, 2.75) is 19.5 Å². The highest BCUT2D eigenvalue weighted by Gasteiger charge is 2.12. The smallest absolute Gasteiger partial charge is 0.203 e. The Morgan fingerprint density at radius 2 is 1.70 bits per heavy atom. The van der Waals surface area contributed by atoms with Crippen LogP contribution in [-0.2, 0) is 19.5 Å². The number of ether oxygens (including phenoxy) is 1. The van der Waals surface area contributed by atoms with Crippen molar-refractivity contribution in [3.8, 4) is 17.0 Å². The number of hydrogen-bond acceptors (Lipinski definition) is 3. The molecule has 1 aromatic heterocycles. The van der Waals surface area contributed by atoms with Crippen LogP contribution in [0.4, 0.5) is 5.95 Å². The van der Waals surface area contributed by atoms with Gasteiger partial charge in [-0.25, -0.2) is 4.98 Å². The molecule has 0 atom stereocenters. The zero-order valence-electron chi connectivity index (χ0n) is 16.9. The van der Waals surface area contributed by atoms with E-state index in [4.69, 9.17) is 16.3 Å². The molecular weight excluding hydrogens is 394 g/mol. The monoisotopic (exact) mass is 417 g/mol. The van der Waals surface area contributed by atoms with Crippen LogP contribution in [0.15, 0.2) is 85.1 Å². The third-order valence-electron chi connectivity index (χ3n) is 5.05. The van der Waals surface area contributed by atoms with Crippen LogP contribution >= 0.6 is 11.6 Å². The number of benzene rings is 3. The van der Waals surface area contributed by atoms with Gasteiger partial charge in [-0.05, 0) is 47.4 Å². The highest BCUT2D eigenvalue weighted by atomic mass is 35.5. The minimum Gasteiger partial charge on any atom is -0.497 e. The Morgan fingerprint density at radius 1 is 0.933 bits per heavy atom. The molecule has 0 spiro atoms. The molecule has 4 nitrogen and oxygen atoms in total. The summed E-state index contributed by atoms with van der Waals surface area (Å²) in [5, 5.41) is 4.22. The number of aromatic nitrogens is 2. The molecule has 1 heterocycles. The van der Waals surface area contributed by atoms with Crippen molar-refractivity contribution in [2.24, 2.45) is 0 Å². The largest absolute Gasteiger partial charge is 0.497 e. The van der Waals surface area contributed by atoms with Gasteiger partial charge in [-0.2, -0.15) is 0 Å². The summed E-state index contributed by atoms with van der Waals surface area (Å²) in [6.45, 7) is 1.49. The summed E-state index contributed by atoms with van der Waals surface area (Å²) < 4.78 is 7.56. The van der Waals surface area contributed by atoms with Gasteiger partial charge < -0.3 is 14.6 Å². The van der Waals surface area contributed by atoms with Crippen LogP contribution in [0.2, 0.25) is 5.02 Å². The Hall–Kier alpha value is -3.24. The lowest BCUT2D eigenvalue weighted by molar-refractivity contribution is 0.414. The van der Waals surface area contributed by atoms with Crippen LogP contribution in [0, 0.1) is 0 Å². The minimum atomic E-state index is 0.666. The average molecular weight is 418 g/mol. The second-order valence-electron chi connectivity index (χ2n) is 7.07. The number of nitrogens with zero attached hydrogens (tertiary/aromatic N) is 2. The molecular formula is C25H24ClN3O. The summed E-state index contributed by atoms with van der Waals surface area (Å²) in [6.07, 6.45) is 2.84. The van der Waals surface area contributed by atoms with E-state index < -0.39 is 0 Å². The van der Waals surface area contributed by atoms with E-state index in [1.807, 2.05) is 54.7 Å². The molecule has 0 aliphatic heterocycles. The molecule has 0 radical (unpaired) electrons. The van der Waals surface area contributed by atoms with E-state index in [9.17, 15) is 0 Å². The van der Waals surface area contributed by atoms with E-state index in [0.29, 0.717) is 6.54 Å². The average Bonchev–Trinajstić information content (AvgIpc) is 3.20. The molecule has 0 amide bonds. The summed E-state index contributed by atoms with van der Waals surface area (Å²) in [7, 11) is 1.68. The van der Waals surface area contributed by atoms with Crippen molar-refractivity contribution in [1.29, 1.82) is 0 Å². The standard InChI is InChI=1S/C25H24ClN3O/c1-30-23-9-5-8-20(16-23)17-27-25-28-18-24(21-10-12-22(26)13-11-21)29(25)15-14-19-6-3-2-4-7-19/h2-13,16,18H,14-15,17H2,1H3,(H,27,28). The highest BCUT2D eigenvalue weighted by molar-refractivity contribution is 6.30. The maximum Gasteiger partial charge on any atom is 0.203 e. The van der Waals surface area contributed by atoms with Gasteiger partial charge in [0.05, 0.1) is 19.0 Å². The minimum absolute atomic E-state index is 0.666. The third-order valence-corrected chi connectivity index (χ3v) is 5.30. The maximum absolute atomic E-state index is 6.08. The van der Waals surface area contributed by atoms with Crippen LogP contribution in [0.1, 0.15) is 11.1 Å². The van der Waals surface area contributed by atoms with Gasteiger partial charge in [-0.3, -0.25) is 0 Å². The van der Waals surface area contributed by atoms with Crippen molar-refractivity contribution in [2.75, 3.05) is 12.4 Å². The number of halogens is 1. The second kappa shape index (κ2) is 9.51. The Kier molecular flexibility index (Phi) is 6.35. The molecule has 5 heteroatoms. The van der Waals surface area contributed by atoms with E-state index in [2.05, 4.69) is 45.2 Å². The second-order valence-corrected chi connectivity index (χ2v) is 7.50. The Balaban J connectivity index is 1.59. The van der Waals surface area contributed by atoms with Gasteiger partial charge in [0.25, 0.3) is 0 Å². The zero-order chi connectivity index (χ0) is 20.8. The number of imidazole rings is 1. The lowest BCUT2D eigenvalue weighted by Crippen LogP contribution is -2.10. The van der Waals surface area contributed by atoms with E-state index >= 15 is 0 Å². The number of anilines is 1. The number of methoxy groups -OCH3 is 1. The summed E-state index contributed by atoms with van der Waals surface area (Å²) in [4.78, 5) is 4.67. The van der Waals surface area contributed by atoms with Gasteiger partial charge in [0.2, 0.25) is 5.95 Å². The molecule has 0 aliphatic carbocycles. The van der Waals surface area contributed by atoms with E-state index in [1.165, 1.54) is 5.56 Å².